The minimum absolute atomic E-state index is 0.0109. The summed E-state index contributed by atoms with van der Waals surface area (Å²) in [5.74, 6) is -0.708. The lowest BCUT2D eigenvalue weighted by atomic mass is 10.1. The molecule has 0 atom stereocenters. The first-order chi connectivity index (χ1) is 10.9. The highest BCUT2D eigenvalue weighted by atomic mass is 35.5. The molecular formula is C14H8ClF4N3S. The van der Waals surface area contributed by atoms with Gasteiger partial charge in [-0.2, -0.15) is 13.2 Å². The Hall–Kier alpha value is -1.80. The van der Waals surface area contributed by atoms with E-state index in [4.69, 9.17) is 11.6 Å². The Balaban J connectivity index is 1.86. The van der Waals surface area contributed by atoms with Crippen LogP contribution >= 0.6 is 23.4 Å². The summed E-state index contributed by atoms with van der Waals surface area (Å²) >= 11 is 7.04. The zero-order chi connectivity index (χ0) is 16.6. The molecule has 2 heterocycles. The summed E-state index contributed by atoms with van der Waals surface area (Å²) in [5.41, 5.74) is -0.506. The Bertz CT molecular complexity index is 863. The first kappa shape index (κ1) is 16.1. The minimum Gasteiger partial charge on any atom is -0.276 e. The second-order valence-electron chi connectivity index (χ2n) is 4.62. The topological polar surface area (TPSA) is 30.2 Å². The zero-order valence-corrected chi connectivity index (χ0v) is 12.9. The third-order valence-corrected chi connectivity index (χ3v) is 4.37. The molecule has 3 aromatic rings. The van der Waals surface area contributed by atoms with Gasteiger partial charge in [-0.3, -0.25) is 4.40 Å². The molecule has 0 N–H and O–H groups in total. The Morgan fingerprint density at radius 2 is 1.96 bits per heavy atom. The molecule has 0 saturated carbocycles. The lowest BCUT2D eigenvalue weighted by molar-refractivity contribution is -0.137. The second kappa shape index (κ2) is 6.01. The monoisotopic (exact) mass is 361 g/mol. The van der Waals surface area contributed by atoms with Crippen molar-refractivity contribution in [1.29, 1.82) is 0 Å². The molecule has 3 rings (SSSR count). The maximum atomic E-state index is 13.7. The number of hydrogen-bond donors (Lipinski definition) is 0. The van der Waals surface area contributed by atoms with Gasteiger partial charge in [0, 0.05) is 11.9 Å². The number of fused-ring (bicyclic) bond motifs is 1. The number of pyridine rings is 1. The van der Waals surface area contributed by atoms with Crippen LogP contribution in [-0.4, -0.2) is 14.6 Å². The van der Waals surface area contributed by atoms with Crippen LogP contribution in [0.3, 0.4) is 0 Å². The molecule has 0 amide bonds. The van der Waals surface area contributed by atoms with Crippen LogP contribution in [0.4, 0.5) is 17.6 Å². The Labute approximate surface area is 137 Å². The van der Waals surface area contributed by atoms with Gasteiger partial charge in [0.2, 0.25) is 0 Å². The van der Waals surface area contributed by atoms with Gasteiger partial charge in [0.15, 0.2) is 10.8 Å². The predicted molar refractivity (Wildman–Crippen MR) is 79.0 cm³/mol. The number of rotatable bonds is 3. The molecule has 0 aliphatic rings. The van der Waals surface area contributed by atoms with E-state index >= 15 is 0 Å². The van der Waals surface area contributed by atoms with E-state index in [1.165, 1.54) is 0 Å². The van der Waals surface area contributed by atoms with Crippen molar-refractivity contribution in [2.45, 2.75) is 17.1 Å². The van der Waals surface area contributed by atoms with Gasteiger partial charge in [-0.25, -0.2) is 4.39 Å². The number of halogens is 5. The smallest absolute Gasteiger partial charge is 0.276 e. The molecule has 23 heavy (non-hydrogen) atoms. The molecule has 120 valence electrons. The van der Waals surface area contributed by atoms with E-state index in [0.29, 0.717) is 15.8 Å². The minimum atomic E-state index is -4.51. The maximum absolute atomic E-state index is 13.7. The Kier molecular flexibility index (Phi) is 4.20. The molecule has 3 nitrogen and oxygen atoms in total. The fourth-order valence-corrected chi connectivity index (χ4v) is 3.06. The third kappa shape index (κ3) is 3.28. The van der Waals surface area contributed by atoms with Crippen LogP contribution in [0.1, 0.15) is 11.1 Å². The van der Waals surface area contributed by atoms with Crippen molar-refractivity contribution in [3.63, 3.8) is 0 Å². The normalized spacial score (nSPS) is 12.0. The maximum Gasteiger partial charge on any atom is 0.416 e. The lowest BCUT2D eigenvalue weighted by Gasteiger charge is -2.09. The fourth-order valence-electron chi connectivity index (χ4n) is 1.96. The van der Waals surface area contributed by atoms with Crippen LogP contribution in [0.15, 0.2) is 41.7 Å². The standard InChI is InChI=1S/C14H8ClF4N3S/c15-10-2-1-5-22-12(10)20-21-13(22)23-7-8-6-9(14(17,18)19)3-4-11(8)16/h1-6H,7H2. The van der Waals surface area contributed by atoms with E-state index in [0.717, 1.165) is 30.0 Å². The average Bonchev–Trinajstić information content (AvgIpc) is 2.90. The molecule has 0 aliphatic carbocycles. The largest absolute Gasteiger partial charge is 0.416 e. The van der Waals surface area contributed by atoms with E-state index in [9.17, 15) is 17.6 Å². The summed E-state index contributed by atoms with van der Waals surface area (Å²) in [7, 11) is 0. The molecule has 9 heteroatoms. The molecule has 0 spiro atoms. The number of nitrogens with zero attached hydrogens (tertiary/aromatic N) is 3. The second-order valence-corrected chi connectivity index (χ2v) is 5.97. The molecule has 0 aliphatic heterocycles. The summed E-state index contributed by atoms with van der Waals surface area (Å²) < 4.78 is 53.4. The number of thioether (sulfide) groups is 1. The molecular weight excluding hydrogens is 354 g/mol. The molecule has 0 saturated heterocycles. The molecule has 2 aromatic heterocycles. The van der Waals surface area contributed by atoms with Gasteiger partial charge < -0.3 is 0 Å². The van der Waals surface area contributed by atoms with E-state index in [1.807, 2.05) is 0 Å². The summed E-state index contributed by atoms with van der Waals surface area (Å²) in [5, 5.41) is 8.63. The molecule has 0 fully saturated rings. The van der Waals surface area contributed by atoms with Gasteiger partial charge in [0.05, 0.1) is 10.6 Å². The fraction of sp³-hybridized carbons (Fsp3) is 0.143. The van der Waals surface area contributed by atoms with Crippen LogP contribution in [0, 0.1) is 5.82 Å². The number of alkyl halides is 3. The van der Waals surface area contributed by atoms with Crippen molar-refractivity contribution in [2.24, 2.45) is 0 Å². The Morgan fingerprint density at radius 3 is 2.70 bits per heavy atom. The van der Waals surface area contributed by atoms with Gasteiger partial charge >= 0.3 is 6.18 Å². The summed E-state index contributed by atoms with van der Waals surface area (Å²) in [6.07, 6.45) is -2.84. The van der Waals surface area contributed by atoms with Crippen molar-refractivity contribution in [3.05, 3.63) is 58.5 Å². The average molecular weight is 362 g/mol. The van der Waals surface area contributed by atoms with E-state index < -0.39 is 17.6 Å². The SMILES string of the molecule is Fc1ccc(C(F)(F)F)cc1CSc1nnc2c(Cl)cccn12. The number of benzene rings is 1. The van der Waals surface area contributed by atoms with E-state index in [-0.39, 0.29) is 11.3 Å². The predicted octanol–water partition coefficient (Wildman–Crippen LogP) is 4.83. The first-order valence-electron chi connectivity index (χ1n) is 6.34. The van der Waals surface area contributed by atoms with Crippen molar-refractivity contribution >= 4 is 29.0 Å². The summed E-state index contributed by atoms with van der Waals surface area (Å²) in [6.45, 7) is 0. The summed E-state index contributed by atoms with van der Waals surface area (Å²) in [6, 6.07) is 5.67. The highest BCUT2D eigenvalue weighted by molar-refractivity contribution is 7.98. The van der Waals surface area contributed by atoms with Gasteiger partial charge in [0.1, 0.15) is 5.82 Å². The molecule has 0 unspecified atom stereocenters. The molecule has 1 aromatic carbocycles. The van der Waals surface area contributed by atoms with Crippen LogP contribution in [0.25, 0.3) is 5.65 Å². The molecule has 0 radical (unpaired) electrons. The lowest BCUT2D eigenvalue weighted by Crippen LogP contribution is -2.06. The molecule has 0 bridgehead atoms. The first-order valence-corrected chi connectivity index (χ1v) is 7.70. The van der Waals surface area contributed by atoms with Crippen molar-refractivity contribution < 1.29 is 17.6 Å². The number of hydrogen-bond acceptors (Lipinski definition) is 3. The van der Waals surface area contributed by atoms with Crippen molar-refractivity contribution in [1.82, 2.24) is 14.6 Å². The van der Waals surface area contributed by atoms with Crippen molar-refractivity contribution in [2.75, 3.05) is 0 Å². The quantitative estimate of drug-likeness (QED) is 0.494. The van der Waals surface area contributed by atoms with Crippen LogP contribution < -0.4 is 0 Å². The third-order valence-electron chi connectivity index (χ3n) is 3.09. The van der Waals surface area contributed by atoms with E-state index in [1.54, 1.807) is 22.7 Å². The van der Waals surface area contributed by atoms with E-state index in [2.05, 4.69) is 10.2 Å². The van der Waals surface area contributed by atoms with Gasteiger partial charge in [-0.05, 0) is 35.9 Å². The highest BCUT2D eigenvalue weighted by Gasteiger charge is 2.31. The zero-order valence-electron chi connectivity index (χ0n) is 11.3. The van der Waals surface area contributed by atoms with Crippen LogP contribution in [0.2, 0.25) is 5.02 Å². The van der Waals surface area contributed by atoms with Crippen molar-refractivity contribution in [3.8, 4) is 0 Å². The summed E-state index contributed by atoms with van der Waals surface area (Å²) in [4.78, 5) is 0. The van der Waals surface area contributed by atoms with Gasteiger partial charge in [-0.1, -0.05) is 23.4 Å². The van der Waals surface area contributed by atoms with Crippen LogP contribution in [-0.2, 0) is 11.9 Å². The Morgan fingerprint density at radius 1 is 1.17 bits per heavy atom. The highest BCUT2D eigenvalue weighted by Crippen LogP contribution is 2.32. The van der Waals surface area contributed by atoms with Crippen LogP contribution in [0.5, 0.6) is 0 Å². The van der Waals surface area contributed by atoms with Gasteiger partial charge in [-0.15, -0.1) is 10.2 Å². The van der Waals surface area contributed by atoms with Gasteiger partial charge in [0.25, 0.3) is 0 Å². The number of aromatic nitrogens is 3.